The van der Waals surface area contributed by atoms with Crippen molar-refractivity contribution in [3.63, 3.8) is 0 Å². The number of halogens is 1. The third kappa shape index (κ3) is 5.80. The number of para-hydroxylation sites is 1. The Morgan fingerprint density at radius 3 is 2.69 bits per heavy atom. The summed E-state index contributed by atoms with van der Waals surface area (Å²) in [4.78, 5) is 9.86. The van der Waals surface area contributed by atoms with Crippen LogP contribution in [0, 0.1) is 6.92 Å². The van der Waals surface area contributed by atoms with Gasteiger partial charge in [-0.05, 0) is 25.1 Å². The predicted octanol–water partition coefficient (Wildman–Crippen LogP) is 3.16. The second-order valence-corrected chi connectivity index (χ2v) is 6.87. The average molecular weight is 482 g/mol. The van der Waals surface area contributed by atoms with E-state index in [9.17, 15) is 0 Å². The fourth-order valence-electron chi connectivity index (χ4n) is 2.38. The molecule has 0 spiro atoms. The van der Waals surface area contributed by atoms with E-state index in [0.29, 0.717) is 6.54 Å². The van der Waals surface area contributed by atoms with Gasteiger partial charge in [0.15, 0.2) is 5.96 Å². The molecule has 2 heterocycles. The number of hydrogen-bond donors (Lipinski definition) is 2. The highest BCUT2D eigenvalue weighted by atomic mass is 127. The summed E-state index contributed by atoms with van der Waals surface area (Å²) in [6.07, 6.45) is 4.77. The Balaban J connectivity index is 0.00000243. The summed E-state index contributed by atoms with van der Waals surface area (Å²) >= 11 is 1.73. The van der Waals surface area contributed by atoms with Crippen molar-refractivity contribution in [2.75, 3.05) is 13.6 Å². The highest BCUT2D eigenvalue weighted by Crippen LogP contribution is 2.11. The number of hydrogen-bond acceptors (Lipinski definition) is 4. The molecule has 8 heteroatoms. The summed E-state index contributed by atoms with van der Waals surface area (Å²) in [5.41, 5.74) is 2.01. The van der Waals surface area contributed by atoms with E-state index < -0.39 is 0 Å². The Morgan fingerprint density at radius 1 is 1.19 bits per heavy atom. The highest BCUT2D eigenvalue weighted by Gasteiger charge is 2.04. The van der Waals surface area contributed by atoms with Gasteiger partial charge in [-0.25, -0.2) is 9.67 Å². The van der Waals surface area contributed by atoms with E-state index in [2.05, 4.69) is 32.6 Å². The Bertz CT molecular complexity index is 827. The van der Waals surface area contributed by atoms with Crippen LogP contribution in [-0.2, 0) is 13.0 Å². The maximum atomic E-state index is 4.58. The molecule has 0 radical (unpaired) electrons. The molecule has 26 heavy (non-hydrogen) atoms. The van der Waals surface area contributed by atoms with Crippen molar-refractivity contribution in [2.24, 2.45) is 4.99 Å². The number of aryl methyl sites for hydroxylation is 1. The molecule has 6 nitrogen and oxygen atoms in total. The minimum Gasteiger partial charge on any atom is -0.356 e. The normalized spacial score (nSPS) is 11.1. The number of aromatic nitrogens is 3. The van der Waals surface area contributed by atoms with Crippen LogP contribution < -0.4 is 10.6 Å². The largest absolute Gasteiger partial charge is 0.356 e. The average Bonchev–Trinajstić information content (AvgIpc) is 3.28. The van der Waals surface area contributed by atoms with E-state index in [0.717, 1.165) is 35.3 Å². The maximum Gasteiger partial charge on any atom is 0.191 e. The van der Waals surface area contributed by atoms with Crippen LogP contribution in [-0.4, -0.2) is 34.3 Å². The molecule has 3 rings (SSSR count). The number of guanidine groups is 1. The first-order valence-corrected chi connectivity index (χ1v) is 9.02. The Labute approximate surface area is 174 Å². The highest BCUT2D eigenvalue weighted by molar-refractivity contribution is 14.0. The first-order chi connectivity index (χ1) is 12.2. The molecule has 138 valence electrons. The van der Waals surface area contributed by atoms with Crippen LogP contribution in [0.5, 0.6) is 0 Å². The Hall–Kier alpha value is -1.94. The van der Waals surface area contributed by atoms with E-state index in [1.807, 2.05) is 53.5 Å². The van der Waals surface area contributed by atoms with Gasteiger partial charge in [-0.2, -0.15) is 5.10 Å². The van der Waals surface area contributed by atoms with Gasteiger partial charge in [-0.15, -0.1) is 35.3 Å². The lowest BCUT2D eigenvalue weighted by atomic mass is 10.3. The first kappa shape index (κ1) is 20.4. The van der Waals surface area contributed by atoms with Gasteiger partial charge in [0.25, 0.3) is 0 Å². The van der Waals surface area contributed by atoms with Crippen molar-refractivity contribution in [3.8, 4) is 5.69 Å². The summed E-state index contributed by atoms with van der Waals surface area (Å²) in [5.74, 6) is 0.766. The molecule has 0 amide bonds. The summed E-state index contributed by atoms with van der Waals surface area (Å²) < 4.78 is 1.87. The molecular formula is C18H23IN6S. The van der Waals surface area contributed by atoms with Gasteiger partial charge in [0.2, 0.25) is 0 Å². The quantitative estimate of drug-likeness (QED) is 0.322. The number of thiazole rings is 1. The minimum absolute atomic E-state index is 0. The second-order valence-electron chi connectivity index (χ2n) is 5.55. The van der Waals surface area contributed by atoms with Gasteiger partial charge in [-0.3, -0.25) is 4.99 Å². The van der Waals surface area contributed by atoms with Crippen LogP contribution in [0.3, 0.4) is 0 Å². The second kappa shape index (κ2) is 10.3. The molecule has 3 aromatic rings. The van der Waals surface area contributed by atoms with Gasteiger partial charge < -0.3 is 10.6 Å². The van der Waals surface area contributed by atoms with E-state index >= 15 is 0 Å². The number of nitrogens with zero attached hydrogens (tertiary/aromatic N) is 4. The SMILES string of the molecule is CN=C(NCCc1ncc(C)s1)NCc1ccn(-c2ccccc2)n1.I. The monoisotopic (exact) mass is 482 g/mol. The minimum atomic E-state index is 0. The van der Waals surface area contributed by atoms with Crippen molar-refractivity contribution in [2.45, 2.75) is 19.9 Å². The zero-order chi connectivity index (χ0) is 17.5. The lowest BCUT2D eigenvalue weighted by Gasteiger charge is -2.10. The molecule has 0 aliphatic heterocycles. The molecule has 0 bridgehead atoms. The molecule has 0 aliphatic rings. The maximum absolute atomic E-state index is 4.58. The van der Waals surface area contributed by atoms with E-state index in [1.54, 1.807) is 18.4 Å². The van der Waals surface area contributed by atoms with Crippen molar-refractivity contribution < 1.29 is 0 Å². The third-order valence-corrected chi connectivity index (χ3v) is 4.60. The molecule has 2 N–H and O–H groups in total. The fraction of sp³-hybridized carbons (Fsp3) is 0.278. The predicted molar refractivity (Wildman–Crippen MR) is 118 cm³/mol. The van der Waals surface area contributed by atoms with Crippen LogP contribution in [0.1, 0.15) is 15.6 Å². The van der Waals surface area contributed by atoms with Crippen molar-refractivity contribution >= 4 is 41.3 Å². The number of aliphatic imine (C=N–C) groups is 1. The van der Waals surface area contributed by atoms with Crippen molar-refractivity contribution in [3.05, 3.63) is 64.4 Å². The molecule has 0 atom stereocenters. The van der Waals surface area contributed by atoms with Crippen molar-refractivity contribution in [1.29, 1.82) is 0 Å². The van der Waals surface area contributed by atoms with Crippen LogP contribution >= 0.6 is 35.3 Å². The number of rotatable bonds is 6. The molecule has 0 saturated heterocycles. The lowest BCUT2D eigenvalue weighted by molar-refractivity contribution is 0.762. The van der Waals surface area contributed by atoms with Gasteiger partial charge in [0.1, 0.15) is 0 Å². The molecule has 0 fully saturated rings. The van der Waals surface area contributed by atoms with Crippen LogP contribution in [0.15, 0.2) is 53.8 Å². The molecule has 0 unspecified atom stereocenters. The molecule has 1 aromatic carbocycles. The standard InChI is InChI=1S/C18H22N6S.HI/c1-14-12-21-17(25-14)8-10-20-18(19-2)22-13-15-9-11-24(23-15)16-6-4-3-5-7-16;/h3-7,9,11-12H,8,10,13H2,1-2H3,(H2,19,20,22);1H. The summed E-state index contributed by atoms with van der Waals surface area (Å²) in [7, 11) is 1.77. The smallest absolute Gasteiger partial charge is 0.191 e. The Kier molecular flexibility index (Phi) is 8.05. The third-order valence-electron chi connectivity index (χ3n) is 3.63. The summed E-state index contributed by atoms with van der Waals surface area (Å²) in [5, 5.41) is 12.3. The summed E-state index contributed by atoms with van der Waals surface area (Å²) in [6.45, 7) is 3.49. The van der Waals surface area contributed by atoms with Gasteiger partial charge in [0, 0.05) is 37.3 Å². The van der Waals surface area contributed by atoms with E-state index in [-0.39, 0.29) is 24.0 Å². The Morgan fingerprint density at radius 2 is 2.00 bits per heavy atom. The van der Waals surface area contributed by atoms with Gasteiger partial charge in [-0.1, -0.05) is 18.2 Å². The van der Waals surface area contributed by atoms with Gasteiger partial charge in [0.05, 0.1) is 22.9 Å². The zero-order valence-electron chi connectivity index (χ0n) is 14.8. The van der Waals surface area contributed by atoms with E-state index in [4.69, 9.17) is 0 Å². The number of benzene rings is 1. The molecule has 2 aromatic heterocycles. The number of nitrogens with one attached hydrogen (secondary N) is 2. The lowest BCUT2D eigenvalue weighted by Crippen LogP contribution is -2.37. The molecule has 0 saturated carbocycles. The van der Waals surface area contributed by atoms with Crippen LogP contribution in [0.25, 0.3) is 5.69 Å². The van der Waals surface area contributed by atoms with Gasteiger partial charge >= 0.3 is 0 Å². The molecule has 0 aliphatic carbocycles. The van der Waals surface area contributed by atoms with Crippen molar-refractivity contribution in [1.82, 2.24) is 25.4 Å². The van der Waals surface area contributed by atoms with E-state index in [1.165, 1.54) is 4.88 Å². The first-order valence-electron chi connectivity index (χ1n) is 8.20. The summed E-state index contributed by atoms with van der Waals surface area (Å²) in [6, 6.07) is 12.1. The topological polar surface area (TPSA) is 67.1 Å². The van der Waals surface area contributed by atoms with Crippen LogP contribution in [0.4, 0.5) is 0 Å². The fourth-order valence-corrected chi connectivity index (χ4v) is 3.17. The molecular weight excluding hydrogens is 459 g/mol. The van der Waals surface area contributed by atoms with Crippen LogP contribution in [0.2, 0.25) is 0 Å². The zero-order valence-corrected chi connectivity index (χ0v) is 18.0.